The summed E-state index contributed by atoms with van der Waals surface area (Å²) in [5, 5.41) is 0. The second-order valence-electron chi connectivity index (χ2n) is 4.77. The highest BCUT2D eigenvalue weighted by Crippen LogP contribution is 2.35. The van der Waals surface area contributed by atoms with E-state index < -0.39 is 9.84 Å². The molecule has 17 heavy (non-hydrogen) atoms. The van der Waals surface area contributed by atoms with Crippen LogP contribution in [-0.2, 0) is 9.84 Å². The van der Waals surface area contributed by atoms with Gasteiger partial charge >= 0.3 is 0 Å². The number of hydrogen-bond donors (Lipinski definition) is 0. The Hall–Kier alpha value is -0.390. The molecule has 0 spiro atoms. The van der Waals surface area contributed by atoms with Gasteiger partial charge in [-0.15, -0.1) is 11.3 Å². The van der Waals surface area contributed by atoms with Gasteiger partial charge in [-0.3, -0.25) is 4.90 Å². The van der Waals surface area contributed by atoms with Gasteiger partial charge in [0.15, 0.2) is 0 Å². The second kappa shape index (κ2) is 5.08. The number of sulfone groups is 1. The lowest BCUT2D eigenvalue weighted by molar-refractivity contribution is 0.276. The van der Waals surface area contributed by atoms with E-state index >= 15 is 0 Å². The summed E-state index contributed by atoms with van der Waals surface area (Å²) in [6.45, 7) is 3.81. The van der Waals surface area contributed by atoms with Gasteiger partial charge < -0.3 is 0 Å². The van der Waals surface area contributed by atoms with Crippen LogP contribution in [0, 0.1) is 6.92 Å². The lowest BCUT2D eigenvalue weighted by atomic mass is 10.2. The van der Waals surface area contributed by atoms with E-state index in [1.807, 2.05) is 11.3 Å². The van der Waals surface area contributed by atoms with Crippen LogP contribution in [-0.4, -0.2) is 38.4 Å². The Morgan fingerprint density at radius 3 is 2.82 bits per heavy atom. The lowest BCUT2D eigenvalue weighted by Crippen LogP contribution is -2.28. The molecule has 5 heteroatoms. The van der Waals surface area contributed by atoms with Crippen molar-refractivity contribution in [3.8, 4) is 0 Å². The second-order valence-corrected chi connectivity index (χ2v) is 8.35. The van der Waals surface area contributed by atoms with Crippen molar-refractivity contribution < 1.29 is 8.42 Å². The monoisotopic (exact) mass is 273 g/mol. The highest BCUT2D eigenvalue weighted by atomic mass is 32.2. The fourth-order valence-corrected chi connectivity index (χ4v) is 3.94. The molecule has 1 aromatic rings. The fraction of sp³-hybridized carbons (Fsp3) is 0.667. The zero-order valence-corrected chi connectivity index (χ0v) is 12.0. The van der Waals surface area contributed by atoms with E-state index in [9.17, 15) is 8.42 Å². The predicted molar refractivity (Wildman–Crippen MR) is 72.3 cm³/mol. The summed E-state index contributed by atoms with van der Waals surface area (Å²) in [6, 6.07) is 4.77. The van der Waals surface area contributed by atoms with E-state index in [4.69, 9.17) is 0 Å². The summed E-state index contributed by atoms with van der Waals surface area (Å²) in [5.74, 6) is 0.272. The van der Waals surface area contributed by atoms with Crippen LogP contribution in [0.15, 0.2) is 12.1 Å². The molecule has 1 aliphatic heterocycles. The van der Waals surface area contributed by atoms with Crippen LogP contribution < -0.4 is 0 Å². The summed E-state index contributed by atoms with van der Waals surface area (Å²) in [7, 11) is -2.85. The maximum absolute atomic E-state index is 11.2. The molecule has 0 bridgehead atoms. The van der Waals surface area contributed by atoms with Gasteiger partial charge in [-0.1, -0.05) is 0 Å². The Bertz CT molecular complexity index is 478. The van der Waals surface area contributed by atoms with E-state index in [2.05, 4.69) is 24.0 Å². The van der Waals surface area contributed by atoms with Crippen LogP contribution in [0.25, 0.3) is 0 Å². The largest absolute Gasteiger partial charge is 0.295 e. The first-order valence-electron chi connectivity index (χ1n) is 5.94. The van der Waals surface area contributed by atoms with E-state index in [-0.39, 0.29) is 5.75 Å². The zero-order chi connectivity index (χ0) is 12.5. The third-order valence-electron chi connectivity index (χ3n) is 3.20. The maximum Gasteiger partial charge on any atom is 0.148 e. The smallest absolute Gasteiger partial charge is 0.148 e. The van der Waals surface area contributed by atoms with Crippen molar-refractivity contribution >= 4 is 21.2 Å². The topological polar surface area (TPSA) is 37.4 Å². The van der Waals surface area contributed by atoms with E-state index in [1.165, 1.54) is 22.4 Å². The fourth-order valence-electron chi connectivity index (χ4n) is 2.33. The van der Waals surface area contributed by atoms with Crippen LogP contribution in [0.5, 0.6) is 0 Å². The van der Waals surface area contributed by atoms with Crippen molar-refractivity contribution in [1.82, 2.24) is 4.90 Å². The molecule has 1 aliphatic rings. The molecule has 3 nitrogen and oxygen atoms in total. The highest BCUT2D eigenvalue weighted by Gasteiger charge is 2.27. The number of thiophene rings is 1. The molecular weight excluding hydrogens is 254 g/mol. The molecule has 0 radical (unpaired) electrons. The predicted octanol–water partition coefficient (Wildman–Crippen LogP) is 2.24. The first kappa shape index (κ1) is 13.1. The van der Waals surface area contributed by atoms with Gasteiger partial charge in [0.25, 0.3) is 0 Å². The molecule has 2 rings (SSSR count). The SMILES string of the molecule is Cc1ccc([C@H]2CCCN2CCS(C)(=O)=O)s1. The van der Waals surface area contributed by atoms with Crippen LogP contribution in [0.2, 0.25) is 0 Å². The first-order chi connectivity index (χ1) is 7.96. The van der Waals surface area contributed by atoms with Crippen molar-refractivity contribution in [3.63, 3.8) is 0 Å². The number of nitrogens with zero attached hydrogens (tertiary/aromatic N) is 1. The Labute approximate surface area is 107 Å². The molecule has 0 saturated carbocycles. The molecule has 1 atom stereocenters. The van der Waals surface area contributed by atoms with Crippen LogP contribution in [0.3, 0.4) is 0 Å². The quantitative estimate of drug-likeness (QED) is 0.844. The minimum atomic E-state index is -2.85. The van der Waals surface area contributed by atoms with Gasteiger partial charge in [0.05, 0.1) is 5.75 Å². The van der Waals surface area contributed by atoms with Gasteiger partial charge in [0.1, 0.15) is 9.84 Å². The molecule has 1 fully saturated rings. The number of aryl methyl sites for hydroxylation is 1. The van der Waals surface area contributed by atoms with Crippen molar-refractivity contribution in [2.45, 2.75) is 25.8 Å². The summed E-state index contributed by atoms with van der Waals surface area (Å²) in [5.41, 5.74) is 0. The minimum absolute atomic E-state index is 0.272. The molecule has 0 N–H and O–H groups in total. The number of rotatable bonds is 4. The van der Waals surface area contributed by atoms with E-state index in [1.54, 1.807) is 0 Å². The third kappa shape index (κ3) is 3.53. The maximum atomic E-state index is 11.2. The van der Waals surface area contributed by atoms with Crippen LogP contribution >= 0.6 is 11.3 Å². The molecule has 96 valence electrons. The average Bonchev–Trinajstić information content (AvgIpc) is 2.81. The van der Waals surface area contributed by atoms with Crippen LogP contribution in [0.1, 0.15) is 28.6 Å². The normalized spacial score (nSPS) is 22.1. The summed E-state index contributed by atoms with van der Waals surface area (Å²) in [4.78, 5) is 5.02. The molecule has 0 aromatic carbocycles. The lowest BCUT2D eigenvalue weighted by Gasteiger charge is -2.22. The summed E-state index contributed by atoms with van der Waals surface area (Å²) < 4.78 is 22.4. The zero-order valence-electron chi connectivity index (χ0n) is 10.3. The van der Waals surface area contributed by atoms with E-state index in [0.717, 1.165) is 13.0 Å². The van der Waals surface area contributed by atoms with Gasteiger partial charge in [0, 0.05) is 28.6 Å². The van der Waals surface area contributed by atoms with Crippen LogP contribution in [0.4, 0.5) is 0 Å². The van der Waals surface area contributed by atoms with Gasteiger partial charge in [-0.2, -0.15) is 0 Å². The van der Waals surface area contributed by atoms with E-state index in [0.29, 0.717) is 12.6 Å². The standard InChI is InChI=1S/C12H19NO2S2/c1-10-5-6-12(16-10)11-4-3-7-13(11)8-9-17(2,14)15/h5-6,11H,3-4,7-9H2,1-2H3/t11-/m1/s1. The Morgan fingerprint density at radius 2 is 2.24 bits per heavy atom. The summed E-state index contributed by atoms with van der Waals surface area (Å²) in [6.07, 6.45) is 3.64. The van der Waals surface area contributed by atoms with Crippen molar-refractivity contribution in [2.24, 2.45) is 0 Å². The minimum Gasteiger partial charge on any atom is -0.295 e. The Morgan fingerprint density at radius 1 is 1.47 bits per heavy atom. The van der Waals surface area contributed by atoms with Crippen molar-refractivity contribution in [2.75, 3.05) is 25.1 Å². The molecule has 0 unspecified atom stereocenters. The highest BCUT2D eigenvalue weighted by molar-refractivity contribution is 7.90. The molecule has 0 aliphatic carbocycles. The average molecular weight is 273 g/mol. The van der Waals surface area contributed by atoms with Gasteiger partial charge in [-0.05, 0) is 38.4 Å². The van der Waals surface area contributed by atoms with Crippen molar-refractivity contribution in [3.05, 3.63) is 21.9 Å². The Kier molecular flexibility index (Phi) is 3.90. The molecular formula is C12H19NO2S2. The Balaban J connectivity index is 2.02. The number of likely N-dealkylation sites (tertiary alicyclic amines) is 1. The molecule has 1 saturated heterocycles. The first-order valence-corrected chi connectivity index (χ1v) is 8.81. The molecule has 2 heterocycles. The van der Waals surface area contributed by atoms with Gasteiger partial charge in [0.2, 0.25) is 0 Å². The number of hydrogen-bond acceptors (Lipinski definition) is 4. The molecule has 1 aromatic heterocycles. The summed E-state index contributed by atoms with van der Waals surface area (Å²) >= 11 is 1.83. The van der Waals surface area contributed by atoms with Crippen molar-refractivity contribution in [1.29, 1.82) is 0 Å². The molecule has 0 amide bonds. The van der Waals surface area contributed by atoms with Gasteiger partial charge in [-0.25, -0.2) is 8.42 Å². The third-order valence-corrected chi connectivity index (χ3v) is 5.23.